The van der Waals surface area contributed by atoms with E-state index in [0.29, 0.717) is 5.69 Å². The predicted molar refractivity (Wildman–Crippen MR) is 112 cm³/mol. The van der Waals surface area contributed by atoms with Crippen molar-refractivity contribution in [1.82, 2.24) is 0 Å². The second-order valence-corrected chi connectivity index (χ2v) is 6.97. The Kier molecular flexibility index (Phi) is 6.65. The number of carbonyl (C=O) groups is 3. The third-order valence-corrected chi connectivity index (χ3v) is 4.98. The first-order valence-corrected chi connectivity index (χ1v) is 9.51. The largest absolute Gasteiger partial charge is 0.465 e. The lowest BCUT2D eigenvalue weighted by molar-refractivity contribution is -0.133. The topological polar surface area (TPSA) is 84.5 Å². The molecule has 6 nitrogen and oxygen atoms in total. The van der Waals surface area contributed by atoms with E-state index in [4.69, 9.17) is 4.74 Å². The van der Waals surface area contributed by atoms with Crippen molar-refractivity contribution in [2.45, 2.75) is 9.79 Å². The summed E-state index contributed by atoms with van der Waals surface area (Å²) in [6.45, 7) is 0. The lowest BCUT2D eigenvalue weighted by Gasteiger charge is -2.12. The van der Waals surface area contributed by atoms with Crippen LogP contribution in [0.1, 0.15) is 10.4 Å². The molecule has 0 fully saturated rings. The second kappa shape index (κ2) is 9.57. The molecule has 3 rings (SSSR count). The van der Waals surface area contributed by atoms with E-state index in [0.717, 1.165) is 9.79 Å². The van der Waals surface area contributed by atoms with E-state index in [-0.39, 0.29) is 11.3 Å². The molecule has 29 heavy (non-hydrogen) atoms. The molecule has 0 bridgehead atoms. The highest BCUT2D eigenvalue weighted by molar-refractivity contribution is 7.99. The van der Waals surface area contributed by atoms with Gasteiger partial charge in [-0.2, -0.15) is 0 Å². The van der Waals surface area contributed by atoms with Gasteiger partial charge in [-0.15, -0.1) is 0 Å². The van der Waals surface area contributed by atoms with E-state index in [1.165, 1.54) is 31.0 Å². The highest BCUT2D eigenvalue weighted by Gasteiger charge is 2.19. The Morgan fingerprint density at radius 1 is 0.724 bits per heavy atom. The molecular formula is C22H18N2O4S. The van der Waals surface area contributed by atoms with Gasteiger partial charge in [0.25, 0.3) is 0 Å². The van der Waals surface area contributed by atoms with Gasteiger partial charge in [-0.1, -0.05) is 54.2 Å². The maximum atomic E-state index is 12.4. The van der Waals surface area contributed by atoms with Gasteiger partial charge in [-0.05, 0) is 36.4 Å². The van der Waals surface area contributed by atoms with Gasteiger partial charge >= 0.3 is 17.8 Å². The maximum Gasteiger partial charge on any atom is 0.339 e. The third kappa shape index (κ3) is 5.24. The van der Waals surface area contributed by atoms with E-state index < -0.39 is 17.8 Å². The summed E-state index contributed by atoms with van der Waals surface area (Å²) in [6, 6.07) is 23.2. The molecule has 0 unspecified atom stereocenters. The van der Waals surface area contributed by atoms with E-state index in [1.54, 1.807) is 24.3 Å². The second-order valence-electron chi connectivity index (χ2n) is 5.86. The molecule has 0 aromatic heterocycles. The summed E-state index contributed by atoms with van der Waals surface area (Å²) in [7, 11) is 1.25. The van der Waals surface area contributed by atoms with Crippen LogP contribution in [0.2, 0.25) is 0 Å². The average Bonchev–Trinajstić information content (AvgIpc) is 2.75. The van der Waals surface area contributed by atoms with E-state index in [2.05, 4.69) is 10.6 Å². The lowest BCUT2D eigenvalue weighted by Crippen LogP contribution is -2.30. The molecule has 7 heteroatoms. The Hall–Kier alpha value is -3.58. The normalized spacial score (nSPS) is 10.1. The molecule has 0 atom stereocenters. The molecule has 0 spiro atoms. The Morgan fingerprint density at radius 3 is 1.97 bits per heavy atom. The zero-order valence-electron chi connectivity index (χ0n) is 15.5. The predicted octanol–water partition coefficient (Wildman–Crippen LogP) is 4.20. The van der Waals surface area contributed by atoms with Crippen LogP contribution < -0.4 is 10.6 Å². The van der Waals surface area contributed by atoms with E-state index in [9.17, 15) is 14.4 Å². The maximum absolute atomic E-state index is 12.4. The molecule has 0 radical (unpaired) electrons. The summed E-state index contributed by atoms with van der Waals surface area (Å²) in [4.78, 5) is 38.4. The van der Waals surface area contributed by atoms with Crippen LogP contribution in [0.4, 0.5) is 11.4 Å². The van der Waals surface area contributed by atoms with Gasteiger partial charge in [0.1, 0.15) is 0 Å². The fourth-order valence-corrected chi connectivity index (χ4v) is 3.44. The van der Waals surface area contributed by atoms with Crippen LogP contribution in [0, 0.1) is 0 Å². The molecule has 0 saturated carbocycles. The summed E-state index contributed by atoms with van der Waals surface area (Å²) in [5, 5.41) is 5.08. The quantitative estimate of drug-likeness (QED) is 0.490. The number of para-hydroxylation sites is 2. The lowest BCUT2D eigenvalue weighted by atomic mass is 10.2. The first-order chi connectivity index (χ1) is 14.1. The van der Waals surface area contributed by atoms with Crippen molar-refractivity contribution in [3.8, 4) is 0 Å². The van der Waals surface area contributed by atoms with Gasteiger partial charge in [0.2, 0.25) is 0 Å². The fraction of sp³-hybridized carbons (Fsp3) is 0.0455. The molecule has 146 valence electrons. The minimum Gasteiger partial charge on any atom is -0.465 e. The van der Waals surface area contributed by atoms with Crippen molar-refractivity contribution in [2.75, 3.05) is 17.7 Å². The molecule has 2 N–H and O–H groups in total. The number of benzene rings is 3. The van der Waals surface area contributed by atoms with Crippen molar-refractivity contribution >= 4 is 40.9 Å². The zero-order valence-corrected chi connectivity index (χ0v) is 16.4. The number of ether oxygens (including phenoxy) is 1. The van der Waals surface area contributed by atoms with Crippen LogP contribution in [0.25, 0.3) is 0 Å². The highest BCUT2D eigenvalue weighted by atomic mass is 32.2. The van der Waals surface area contributed by atoms with Crippen molar-refractivity contribution in [3.63, 3.8) is 0 Å². The zero-order chi connectivity index (χ0) is 20.6. The summed E-state index contributed by atoms with van der Waals surface area (Å²) in [5.74, 6) is -2.34. The number of hydrogen-bond acceptors (Lipinski definition) is 5. The van der Waals surface area contributed by atoms with E-state index >= 15 is 0 Å². The fourth-order valence-electron chi connectivity index (χ4n) is 2.51. The van der Waals surface area contributed by atoms with Gasteiger partial charge in [-0.25, -0.2) is 4.79 Å². The first kappa shape index (κ1) is 20.2. The summed E-state index contributed by atoms with van der Waals surface area (Å²) >= 11 is 1.47. The number of nitrogens with one attached hydrogen (secondary N) is 2. The average molecular weight is 406 g/mol. The Labute approximate surface area is 172 Å². The van der Waals surface area contributed by atoms with Gasteiger partial charge in [-0.3, -0.25) is 9.59 Å². The molecule has 3 aromatic carbocycles. The molecular weight excluding hydrogens is 388 g/mol. The number of anilines is 2. The van der Waals surface area contributed by atoms with Gasteiger partial charge < -0.3 is 15.4 Å². The summed E-state index contributed by atoms with van der Waals surface area (Å²) < 4.78 is 4.69. The number of methoxy groups -OCH3 is 1. The smallest absolute Gasteiger partial charge is 0.339 e. The monoisotopic (exact) mass is 406 g/mol. The number of carbonyl (C=O) groups excluding carboxylic acids is 3. The molecule has 0 heterocycles. The first-order valence-electron chi connectivity index (χ1n) is 8.70. The Bertz CT molecular complexity index is 1040. The number of esters is 1. The van der Waals surface area contributed by atoms with Crippen LogP contribution >= 0.6 is 11.8 Å². The minimum atomic E-state index is -0.888. The number of hydrogen-bond donors (Lipinski definition) is 2. The van der Waals surface area contributed by atoms with Crippen molar-refractivity contribution in [3.05, 3.63) is 84.4 Å². The van der Waals surface area contributed by atoms with Crippen molar-refractivity contribution < 1.29 is 19.1 Å². The van der Waals surface area contributed by atoms with E-state index in [1.807, 2.05) is 42.5 Å². The molecule has 0 aliphatic rings. The van der Waals surface area contributed by atoms with Gasteiger partial charge in [0.05, 0.1) is 24.0 Å². The SMILES string of the molecule is COC(=O)c1ccccc1NC(=O)C(=O)Nc1ccccc1Sc1ccccc1. The van der Waals surface area contributed by atoms with Crippen LogP contribution in [-0.2, 0) is 14.3 Å². The minimum absolute atomic E-state index is 0.163. The standard InChI is InChI=1S/C22H18N2O4S/c1-28-22(27)16-11-5-6-12-17(16)23-20(25)21(26)24-18-13-7-8-14-19(18)29-15-9-3-2-4-10-15/h2-14H,1H3,(H,23,25)(H,24,26). The van der Waals surface area contributed by atoms with Gasteiger partial charge in [0.15, 0.2) is 0 Å². The third-order valence-electron chi connectivity index (χ3n) is 3.89. The Morgan fingerprint density at radius 2 is 1.28 bits per heavy atom. The number of amides is 2. The molecule has 0 aliphatic carbocycles. The molecule has 0 aliphatic heterocycles. The summed E-state index contributed by atoms with van der Waals surface area (Å²) in [5.41, 5.74) is 0.880. The van der Waals surface area contributed by atoms with Crippen LogP contribution in [0.3, 0.4) is 0 Å². The Balaban J connectivity index is 1.73. The van der Waals surface area contributed by atoms with Crippen LogP contribution in [0.5, 0.6) is 0 Å². The van der Waals surface area contributed by atoms with Crippen LogP contribution in [0.15, 0.2) is 88.7 Å². The van der Waals surface area contributed by atoms with Crippen LogP contribution in [-0.4, -0.2) is 24.9 Å². The van der Waals surface area contributed by atoms with Crippen molar-refractivity contribution in [2.24, 2.45) is 0 Å². The highest BCUT2D eigenvalue weighted by Crippen LogP contribution is 2.33. The molecule has 0 saturated heterocycles. The summed E-state index contributed by atoms with van der Waals surface area (Å²) in [6.07, 6.45) is 0. The number of rotatable bonds is 5. The van der Waals surface area contributed by atoms with Gasteiger partial charge in [0, 0.05) is 9.79 Å². The van der Waals surface area contributed by atoms with Crippen molar-refractivity contribution in [1.29, 1.82) is 0 Å². The molecule has 3 aromatic rings. The molecule has 2 amide bonds.